The molecule has 10 heteroatoms. The maximum atomic E-state index is 13.0. The molecule has 5 rings (SSSR count). The van der Waals surface area contributed by atoms with Crippen molar-refractivity contribution in [1.29, 1.82) is 0 Å². The molecule has 1 aliphatic heterocycles. The van der Waals surface area contributed by atoms with Gasteiger partial charge in [-0.25, -0.2) is 9.97 Å². The van der Waals surface area contributed by atoms with Gasteiger partial charge in [-0.1, -0.05) is 6.58 Å². The van der Waals surface area contributed by atoms with Crippen molar-refractivity contribution in [3.63, 3.8) is 0 Å². The number of nitrogens with zero attached hydrogens (tertiary/aromatic N) is 6. The number of hydrogen-bond donors (Lipinski definition) is 0. The number of morpholine rings is 1. The lowest BCUT2D eigenvalue weighted by Crippen LogP contribution is -2.43. The van der Waals surface area contributed by atoms with Gasteiger partial charge in [-0.05, 0) is 39.5 Å². The van der Waals surface area contributed by atoms with Crippen molar-refractivity contribution in [2.75, 3.05) is 18.0 Å². The van der Waals surface area contributed by atoms with Crippen LogP contribution in [0.4, 0.5) is 19.0 Å². The summed E-state index contributed by atoms with van der Waals surface area (Å²) in [6, 6.07) is 2.35. The Morgan fingerprint density at radius 3 is 2.74 bits per heavy atom. The van der Waals surface area contributed by atoms with Gasteiger partial charge in [0.1, 0.15) is 17.4 Å². The van der Waals surface area contributed by atoms with Gasteiger partial charge in [-0.2, -0.15) is 18.3 Å². The summed E-state index contributed by atoms with van der Waals surface area (Å²) in [7, 11) is 0. The van der Waals surface area contributed by atoms with Crippen LogP contribution in [0.2, 0.25) is 0 Å². The maximum Gasteiger partial charge on any atom is 0.412 e. The molecule has 0 amide bonds. The summed E-state index contributed by atoms with van der Waals surface area (Å²) in [4.78, 5) is 15.9. The molecule has 180 valence electrons. The average Bonchev–Trinajstić information content (AvgIpc) is 3.52. The molecular weight excluding hydrogens is 445 g/mol. The molecule has 4 heterocycles. The van der Waals surface area contributed by atoms with Gasteiger partial charge in [0.25, 0.3) is 0 Å². The number of allylic oxidation sites excluding steroid dienone is 1. The first-order valence-corrected chi connectivity index (χ1v) is 11.5. The van der Waals surface area contributed by atoms with E-state index in [4.69, 9.17) is 9.72 Å². The molecule has 1 saturated heterocycles. The van der Waals surface area contributed by atoms with Crippen LogP contribution in [0.1, 0.15) is 55.3 Å². The normalized spacial score (nSPS) is 21.3. The number of hydrogen-bond acceptors (Lipinski definition) is 6. The van der Waals surface area contributed by atoms with Crippen molar-refractivity contribution >= 4 is 16.9 Å². The molecule has 2 atom stereocenters. The van der Waals surface area contributed by atoms with Crippen LogP contribution >= 0.6 is 0 Å². The molecule has 2 aliphatic rings. The molecule has 1 saturated carbocycles. The van der Waals surface area contributed by atoms with Gasteiger partial charge in [0.05, 0.1) is 41.8 Å². The minimum absolute atomic E-state index is 0.0578. The van der Waals surface area contributed by atoms with Gasteiger partial charge >= 0.3 is 6.18 Å². The number of aryl methyl sites for hydroxylation is 2. The second-order valence-corrected chi connectivity index (χ2v) is 9.23. The van der Waals surface area contributed by atoms with Crippen molar-refractivity contribution in [2.24, 2.45) is 0 Å². The molecular formula is C24H27F3N6O. The van der Waals surface area contributed by atoms with Crippen molar-refractivity contribution in [3.05, 3.63) is 53.8 Å². The Morgan fingerprint density at radius 1 is 1.21 bits per heavy atom. The standard InChI is InChI=1S/C24H27F3N6O/c1-14(24(25,26)27)4-7-19-23-20(30-15(2)9-28-23)8-22(31-19)32-11-16(3)34-21(13-32)17-10-29-33(12-17)18-5-6-18/h8-10,12,16,18,21H,1,4-7,11,13H2,2-3H3. The lowest BCUT2D eigenvalue weighted by molar-refractivity contribution is -0.0935. The molecule has 0 aromatic carbocycles. The van der Waals surface area contributed by atoms with Crippen molar-refractivity contribution in [3.8, 4) is 0 Å². The van der Waals surface area contributed by atoms with E-state index in [1.807, 2.05) is 30.8 Å². The Labute approximate surface area is 195 Å². The molecule has 7 nitrogen and oxygen atoms in total. The van der Waals surface area contributed by atoms with E-state index in [0.717, 1.165) is 24.1 Å². The Morgan fingerprint density at radius 2 is 2.00 bits per heavy atom. The van der Waals surface area contributed by atoms with E-state index in [1.165, 1.54) is 0 Å². The van der Waals surface area contributed by atoms with Gasteiger partial charge < -0.3 is 9.64 Å². The lowest BCUT2D eigenvalue weighted by atomic mass is 10.1. The predicted molar refractivity (Wildman–Crippen MR) is 122 cm³/mol. The largest absolute Gasteiger partial charge is 0.412 e. The molecule has 0 N–H and O–H groups in total. The molecule has 0 bridgehead atoms. The Balaban J connectivity index is 1.44. The number of alkyl halides is 3. The highest BCUT2D eigenvalue weighted by Crippen LogP contribution is 2.36. The van der Waals surface area contributed by atoms with Gasteiger partial charge in [0.2, 0.25) is 0 Å². The highest BCUT2D eigenvalue weighted by Gasteiger charge is 2.33. The number of aromatic nitrogens is 5. The summed E-state index contributed by atoms with van der Waals surface area (Å²) < 4.78 is 47.2. The summed E-state index contributed by atoms with van der Waals surface area (Å²) in [5.41, 5.74) is 2.60. The number of anilines is 1. The zero-order valence-corrected chi connectivity index (χ0v) is 19.2. The van der Waals surface area contributed by atoms with E-state index in [-0.39, 0.29) is 25.0 Å². The van der Waals surface area contributed by atoms with Crippen LogP contribution in [0.15, 0.2) is 36.8 Å². The van der Waals surface area contributed by atoms with Crippen LogP contribution in [-0.4, -0.2) is 50.1 Å². The van der Waals surface area contributed by atoms with E-state index in [0.29, 0.717) is 41.7 Å². The van der Waals surface area contributed by atoms with Crippen LogP contribution in [0.25, 0.3) is 11.0 Å². The first kappa shape index (κ1) is 22.8. The smallest absolute Gasteiger partial charge is 0.367 e. The fraction of sp³-hybridized carbons (Fsp3) is 0.500. The number of halogens is 3. The van der Waals surface area contributed by atoms with Gasteiger partial charge in [0, 0.05) is 36.1 Å². The second-order valence-electron chi connectivity index (χ2n) is 9.23. The van der Waals surface area contributed by atoms with E-state index >= 15 is 0 Å². The predicted octanol–water partition coefficient (Wildman–Crippen LogP) is 4.88. The third-order valence-electron chi connectivity index (χ3n) is 6.27. The van der Waals surface area contributed by atoms with E-state index in [9.17, 15) is 13.2 Å². The van der Waals surface area contributed by atoms with Crippen LogP contribution in [0.5, 0.6) is 0 Å². The molecule has 1 aliphatic carbocycles. The molecule has 34 heavy (non-hydrogen) atoms. The minimum atomic E-state index is -4.42. The fourth-order valence-corrected chi connectivity index (χ4v) is 4.29. The van der Waals surface area contributed by atoms with Gasteiger partial charge in [-0.15, -0.1) is 0 Å². The summed E-state index contributed by atoms with van der Waals surface area (Å²) in [6.07, 6.45) is 3.00. The summed E-state index contributed by atoms with van der Waals surface area (Å²) in [6.45, 7) is 8.21. The quantitative estimate of drug-likeness (QED) is 0.476. The monoisotopic (exact) mass is 472 g/mol. The molecule has 2 fully saturated rings. The summed E-state index contributed by atoms with van der Waals surface area (Å²) in [5.74, 6) is 0.662. The van der Waals surface area contributed by atoms with Crippen molar-refractivity contribution < 1.29 is 17.9 Å². The number of ether oxygens (including phenoxy) is 1. The van der Waals surface area contributed by atoms with Gasteiger partial charge in [0.15, 0.2) is 0 Å². The maximum absolute atomic E-state index is 13.0. The minimum Gasteiger partial charge on any atom is -0.367 e. The summed E-state index contributed by atoms with van der Waals surface area (Å²) >= 11 is 0. The van der Waals surface area contributed by atoms with Crippen LogP contribution in [0.3, 0.4) is 0 Å². The molecule has 2 unspecified atom stereocenters. The molecule has 0 radical (unpaired) electrons. The molecule has 3 aromatic rings. The number of rotatable bonds is 6. The van der Waals surface area contributed by atoms with E-state index < -0.39 is 11.7 Å². The Kier molecular flexibility index (Phi) is 5.79. The first-order valence-electron chi connectivity index (χ1n) is 11.5. The van der Waals surface area contributed by atoms with Crippen LogP contribution in [0, 0.1) is 6.92 Å². The topological polar surface area (TPSA) is 69.0 Å². The fourth-order valence-electron chi connectivity index (χ4n) is 4.29. The highest BCUT2D eigenvalue weighted by atomic mass is 19.4. The molecule has 0 spiro atoms. The van der Waals surface area contributed by atoms with Gasteiger partial charge in [-0.3, -0.25) is 9.67 Å². The van der Waals surface area contributed by atoms with Crippen LogP contribution < -0.4 is 4.90 Å². The average molecular weight is 473 g/mol. The number of pyridine rings is 1. The zero-order chi connectivity index (χ0) is 24.0. The SMILES string of the molecule is C=C(CCc1nc(N2CC(C)OC(c3cnn(C4CC4)c3)C2)cc2nc(C)cnc12)C(F)(F)F. The summed E-state index contributed by atoms with van der Waals surface area (Å²) in [5, 5.41) is 4.49. The van der Waals surface area contributed by atoms with Crippen molar-refractivity contribution in [2.45, 2.75) is 64.0 Å². The molecule has 3 aromatic heterocycles. The van der Waals surface area contributed by atoms with Crippen LogP contribution in [-0.2, 0) is 11.2 Å². The van der Waals surface area contributed by atoms with E-state index in [1.54, 1.807) is 6.20 Å². The Hall–Kier alpha value is -3.01. The first-order chi connectivity index (χ1) is 16.2. The number of fused-ring (bicyclic) bond motifs is 1. The Bertz CT molecular complexity index is 1220. The zero-order valence-electron chi connectivity index (χ0n) is 19.2. The van der Waals surface area contributed by atoms with Crippen molar-refractivity contribution in [1.82, 2.24) is 24.7 Å². The lowest BCUT2D eigenvalue weighted by Gasteiger charge is -2.37. The highest BCUT2D eigenvalue weighted by molar-refractivity contribution is 5.79. The second kappa shape index (κ2) is 8.65. The third kappa shape index (κ3) is 4.77. The third-order valence-corrected chi connectivity index (χ3v) is 6.27. The van der Waals surface area contributed by atoms with E-state index in [2.05, 4.69) is 32.7 Å².